The lowest BCUT2D eigenvalue weighted by molar-refractivity contribution is -0.167. The Morgan fingerprint density at radius 2 is 0.488 bits per heavy atom. The van der Waals surface area contributed by atoms with Gasteiger partial charge in [-0.05, 0) is 141 Å². The predicted molar refractivity (Wildman–Crippen MR) is 357 cm³/mol. The largest absolute Gasteiger partial charge is 0.462 e. The van der Waals surface area contributed by atoms with Gasteiger partial charge in [0.05, 0.1) is 0 Å². The van der Waals surface area contributed by atoms with Crippen molar-refractivity contribution in [2.75, 3.05) is 13.2 Å². The molecule has 0 rings (SSSR count). The molecule has 6 heteroatoms. The molecule has 0 heterocycles. The van der Waals surface area contributed by atoms with E-state index in [0.29, 0.717) is 19.3 Å². The molecule has 1 unspecified atom stereocenters. The van der Waals surface area contributed by atoms with Crippen LogP contribution < -0.4 is 0 Å². The molecule has 0 aliphatic carbocycles. The van der Waals surface area contributed by atoms with Crippen molar-refractivity contribution in [3.63, 3.8) is 0 Å². The SMILES string of the molecule is CC/C=C\C/C=C\C/C=C\C/C=C\C/C=C\C/C=C\C/C=C\CCCCCCCCCCCCCCCC(=O)OCC(COC(=O)CCCCCCC/C=C\CCCCC)OC(=O)CCC/C=C\C/C=C\C/C=C\C/C=C\C/C=C\CC. The van der Waals surface area contributed by atoms with Crippen LogP contribution in [0.25, 0.3) is 0 Å². The topological polar surface area (TPSA) is 78.9 Å². The van der Waals surface area contributed by atoms with Crippen molar-refractivity contribution < 1.29 is 28.6 Å². The normalized spacial score (nSPS) is 13.2. The molecule has 0 aromatic rings. The van der Waals surface area contributed by atoms with Gasteiger partial charge in [0, 0.05) is 19.3 Å². The Morgan fingerprint density at radius 1 is 0.256 bits per heavy atom. The van der Waals surface area contributed by atoms with Gasteiger partial charge < -0.3 is 14.2 Å². The zero-order valence-electron chi connectivity index (χ0n) is 52.9. The van der Waals surface area contributed by atoms with Crippen LogP contribution in [-0.2, 0) is 28.6 Å². The molecule has 0 fully saturated rings. The van der Waals surface area contributed by atoms with Gasteiger partial charge in [0.1, 0.15) is 13.2 Å². The van der Waals surface area contributed by atoms with Gasteiger partial charge in [0.2, 0.25) is 0 Å². The highest BCUT2D eigenvalue weighted by atomic mass is 16.6. The van der Waals surface area contributed by atoms with Crippen LogP contribution in [0.15, 0.2) is 158 Å². The van der Waals surface area contributed by atoms with Gasteiger partial charge in [-0.3, -0.25) is 14.4 Å². The van der Waals surface area contributed by atoms with Crippen molar-refractivity contribution >= 4 is 17.9 Å². The summed E-state index contributed by atoms with van der Waals surface area (Å²) in [7, 11) is 0. The van der Waals surface area contributed by atoms with Crippen LogP contribution in [0.4, 0.5) is 0 Å². The third-order valence-corrected chi connectivity index (χ3v) is 13.7. The number of carbonyl (C=O) groups excluding carboxylic acids is 3. The minimum Gasteiger partial charge on any atom is -0.462 e. The number of carbonyl (C=O) groups is 3. The number of hydrogen-bond donors (Lipinski definition) is 0. The van der Waals surface area contributed by atoms with Crippen LogP contribution in [0.3, 0.4) is 0 Å². The molecule has 0 aromatic carbocycles. The maximum absolute atomic E-state index is 12.9. The van der Waals surface area contributed by atoms with E-state index in [1.54, 1.807) is 0 Å². The van der Waals surface area contributed by atoms with Crippen molar-refractivity contribution in [3.05, 3.63) is 158 Å². The van der Waals surface area contributed by atoms with Crippen molar-refractivity contribution in [1.82, 2.24) is 0 Å². The Morgan fingerprint density at radius 3 is 0.793 bits per heavy atom. The average molecular weight is 1130 g/mol. The standard InChI is InChI=1S/C76H122O6/c1-4-7-10-13-16-19-22-25-27-29-30-31-32-33-34-35-36-37-38-39-40-41-42-43-44-45-46-48-49-51-54-57-60-63-66-69-75(78)81-72-73(71-80-74(77)68-65-62-59-56-53-24-21-18-15-12-9-6-3)82-76(79)70-67-64-61-58-55-52-50-47-28-26-23-20-17-14-11-8-5-2/h7-8,10-11,16-21,25-28,30-31,33-34,36-37,39-40,50,52,58,61,73H,4-6,9,12-15,22-24,29,32,35,38,41-49,51,53-57,59-60,62-72H2,1-3H3/b10-7-,11-8-,19-16-,20-17-,21-18-,27-25-,28-26-,31-30-,34-33-,37-36-,40-39-,52-50-,61-58-. The Kier molecular flexibility index (Phi) is 64.4. The van der Waals surface area contributed by atoms with E-state index in [-0.39, 0.29) is 37.5 Å². The lowest BCUT2D eigenvalue weighted by atomic mass is 10.0. The predicted octanol–water partition coefficient (Wildman–Crippen LogP) is 23.3. The molecular weight excluding hydrogens is 1010 g/mol. The number of esters is 3. The van der Waals surface area contributed by atoms with Gasteiger partial charge in [-0.15, -0.1) is 0 Å². The van der Waals surface area contributed by atoms with Crippen LogP contribution in [-0.4, -0.2) is 37.2 Å². The van der Waals surface area contributed by atoms with Crippen LogP contribution in [0, 0.1) is 0 Å². The molecule has 1 atom stereocenters. The Balaban J connectivity index is 4.25. The number of allylic oxidation sites excluding steroid dienone is 26. The summed E-state index contributed by atoms with van der Waals surface area (Å²) in [6.45, 7) is 6.33. The molecule has 462 valence electrons. The molecule has 0 saturated heterocycles. The first kappa shape index (κ1) is 77.0. The summed E-state index contributed by atoms with van der Waals surface area (Å²) < 4.78 is 16.8. The van der Waals surface area contributed by atoms with Gasteiger partial charge in [-0.1, -0.05) is 281 Å². The molecule has 6 nitrogen and oxygen atoms in total. The fourth-order valence-electron chi connectivity index (χ4n) is 8.81. The number of hydrogen-bond acceptors (Lipinski definition) is 6. The number of ether oxygens (including phenoxy) is 3. The summed E-state index contributed by atoms with van der Waals surface area (Å²) in [5.41, 5.74) is 0. The molecule has 0 amide bonds. The first-order valence-electron chi connectivity index (χ1n) is 33.5. The number of rotatable bonds is 59. The smallest absolute Gasteiger partial charge is 0.306 e. The monoisotopic (exact) mass is 1130 g/mol. The van der Waals surface area contributed by atoms with Crippen molar-refractivity contribution in [1.29, 1.82) is 0 Å². The molecule has 0 radical (unpaired) electrons. The lowest BCUT2D eigenvalue weighted by Gasteiger charge is -2.18. The van der Waals surface area contributed by atoms with Gasteiger partial charge in [-0.25, -0.2) is 0 Å². The minimum absolute atomic E-state index is 0.108. The highest BCUT2D eigenvalue weighted by Gasteiger charge is 2.19. The van der Waals surface area contributed by atoms with Gasteiger partial charge in [-0.2, -0.15) is 0 Å². The van der Waals surface area contributed by atoms with Crippen LogP contribution in [0.2, 0.25) is 0 Å². The van der Waals surface area contributed by atoms with Crippen LogP contribution >= 0.6 is 0 Å². The zero-order chi connectivity index (χ0) is 59.2. The summed E-state index contributed by atoms with van der Waals surface area (Å²) in [6.07, 6.45) is 99.9. The average Bonchev–Trinajstić information content (AvgIpc) is 3.47. The second-order valence-corrected chi connectivity index (χ2v) is 21.6. The summed E-state index contributed by atoms with van der Waals surface area (Å²) in [5.74, 6) is -0.978. The van der Waals surface area contributed by atoms with Gasteiger partial charge >= 0.3 is 17.9 Å². The molecular formula is C76H122O6. The quantitative estimate of drug-likeness (QED) is 0.0261. The molecule has 0 aromatic heterocycles. The van der Waals surface area contributed by atoms with E-state index in [1.807, 2.05) is 0 Å². The Labute approximate surface area is 505 Å². The fourth-order valence-corrected chi connectivity index (χ4v) is 8.81. The molecule has 0 saturated carbocycles. The summed E-state index contributed by atoms with van der Waals surface area (Å²) in [5, 5.41) is 0. The van der Waals surface area contributed by atoms with Crippen molar-refractivity contribution in [3.8, 4) is 0 Å². The van der Waals surface area contributed by atoms with E-state index in [0.717, 1.165) is 135 Å². The van der Waals surface area contributed by atoms with Crippen LogP contribution in [0.1, 0.15) is 284 Å². The highest BCUT2D eigenvalue weighted by Crippen LogP contribution is 2.15. The molecule has 0 N–H and O–H groups in total. The van der Waals surface area contributed by atoms with Crippen molar-refractivity contribution in [2.24, 2.45) is 0 Å². The molecule has 82 heavy (non-hydrogen) atoms. The second kappa shape index (κ2) is 68.5. The van der Waals surface area contributed by atoms with Crippen LogP contribution in [0.5, 0.6) is 0 Å². The van der Waals surface area contributed by atoms with E-state index < -0.39 is 6.10 Å². The summed E-state index contributed by atoms with van der Waals surface area (Å²) in [4.78, 5) is 38.3. The van der Waals surface area contributed by atoms with E-state index in [2.05, 4.69) is 179 Å². The first-order chi connectivity index (χ1) is 40.5. The minimum atomic E-state index is -0.817. The molecule has 0 aliphatic heterocycles. The molecule has 0 bridgehead atoms. The van der Waals surface area contributed by atoms with E-state index in [9.17, 15) is 14.4 Å². The van der Waals surface area contributed by atoms with Crippen molar-refractivity contribution in [2.45, 2.75) is 290 Å². The Bertz CT molecular complexity index is 1830. The third kappa shape index (κ3) is 65.8. The van der Waals surface area contributed by atoms with E-state index in [4.69, 9.17) is 14.2 Å². The maximum atomic E-state index is 12.9. The first-order valence-corrected chi connectivity index (χ1v) is 33.5. The summed E-state index contributed by atoms with van der Waals surface area (Å²) in [6, 6.07) is 0. The highest BCUT2D eigenvalue weighted by molar-refractivity contribution is 5.71. The maximum Gasteiger partial charge on any atom is 0.306 e. The zero-order valence-corrected chi connectivity index (χ0v) is 52.9. The molecule has 0 spiro atoms. The third-order valence-electron chi connectivity index (χ3n) is 13.7. The Hall–Kier alpha value is -4.97. The fraction of sp³-hybridized carbons (Fsp3) is 0.618. The van der Waals surface area contributed by atoms with E-state index >= 15 is 0 Å². The lowest BCUT2D eigenvalue weighted by Crippen LogP contribution is -2.30. The van der Waals surface area contributed by atoms with Gasteiger partial charge in [0.25, 0.3) is 0 Å². The molecule has 0 aliphatic rings. The number of unbranched alkanes of at least 4 members (excludes halogenated alkanes) is 22. The summed E-state index contributed by atoms with van der Waals surface area (Å²) >= 11 is 0. The second-order valence-electron chi connectivity index (χ2n) is 21.6. The van der Waals surface area contributed by atoms with Gasteiger partial charge in [0.15, 0.2) is 6.10 Å². The van der Waals surface area contributed by atoms with E-state index in [1.165, 1.54) is 103 Å².